The van der Waals surface area contributed by atoms with E-state index in [-0.39, 0.29) is 5.76 Å². The lowest BCUT2D eigenvalue weighted by atomic mass is 10.1. The Balaban J connectivity index is 3.43. The maximum Gasteiger partial charge on any atom is 0.0908 e. The maximum atomic E-state index is 9.19. The Hall–Kier alpha value is -0.760. The molecule has 0 spiro atoms. The fourth-order valence-corrected chi connectivity index (χ4v) is 0.957. The Bertz CT molecular complexity index is 148. The maximum absolute atomic E-state index is 9.19. The van der Waals surface area contributed by atoms with Crippen molar-refractivity contribution in [3.05, 3.63) is 24.5 Å². The smallest absolute Gasteiger partial charge is 0.0908 e. The van der Waals surface area contributed by atoms with Crippen LogP contribution in [0.3, 0.4) is 0 Å². The summed E-state index contributed by atoms with van der Waals surface area (Å²) in [6.07, 6.45) is 6.41. The van der Waals surface area contributed by atoms with Crippen molar-refractivity contribution in [3.8, 4) is 0 Å². The first-order valence-corrected chi connectivity index (χ1v) is 4.35. The summed E-state index contributed by atoms with van der Waals surface area (Å²) in [5.74, 6) is 0.286. The first kappa shape index (κ1) is 11.2. The van der Waals surface area contributed by atoms with Crippen LogP contribution < -0.4 is 0 Å². The molecule has 0 aromatic rings. The van der Waals surface area contributed by atoms with Gasteiger partial charge in [-0.3, -0.25) is 0 Å². The van der Waals surface area contributed by atoms with Crippen LogP contribution in [0.1, 0.15) is 32.6 Å². The van der Waals surface area contributed by atoms with Gasteiger partial charge >= 0.3 is 0 Å². The first-order chi connectivity index (χ1) is 5.66. The number of aliphatic hydroxyl groups excluding tert-OH is 2. The normalized spacial score (nSPS) is 14.3. The molecule has 2 nitrogen and oxygen atoms in total. The Morgan fingerprint density at radius 1 is 1.50 bits per heavy atom. The Labute approximate surface area is 74.2 Å². The molecule has 1 unspecified atom stereocenters. The molecule has 0 aliphatic heterocycles. The van der Waals surface area contributed by atoms with E-state index < -0.39 is 6.10 Å². The van der Waals surface area contributed by atoms with Crippen LogP contribution in [0, 0.1) is 0 Å². The zero-order chi connectivity index (χ0) is 9.40. The minimum absolute atomic E-state index is 0.286. The third-order valence-electron chi connectivity index (χ3n) is 1.52. The minimum atomic E-state index is -0.551. The lowest BCUT2D eigenvalue weighted by Gasteiger charge is -2.00. The van der Waals surface area contributed by atoms with Crippen molar-refractivity contribution < 1.29 is 10.2 Å². The van der Waals surface area contributed by atoms with Crippen molar-refractivity contribution in [1.29, 1.82) is 0 Å². The quantitative estimate of drug-likeness (QED) is 0.365. The number of unbranched alkanes of at least 4 members (excludes halogenated alkanes) is 2. The number of hydrogen-bond donors (Lipinski definition) is 2. The van der Waals surface area contributed by atoms with Crippen molar-refractivity contribution in [3.63, 3.8) is 0 Å². The van der Waals surface area contributed by atoms with E-state index in [0.29, 0.717) is 6.42 Å². The van der Waals surface area contributed by atoms with E-state index in [1.807, 2.05) is 6.08 Å². The largest absolute Gasteiger partial charge is 0.513 e. The Morgan fingerprint density at radius 3 is 2.67 bits per heavy atom. The molecule has 0 bridgehead atoms. The second-order valence-corrected chi connectivity index (χ2v) is 2.93. The minimum Gasteiger partial charge on any atom is -0.513 e. The molecule has 2 N–H and O–H groups in total. The van der Waals surface area contributed by atoms with Crippen LogP contribution >= 0.6 is 0 Å². The number of rotatable bonds is 6. The topological polar surface area (TPSA) is 40.5 Å². The molecule has 1 atom stereocenters. The summed E-state index contributed by atoms with van der Waals surface area (Å²) in [4.78, 5) is 0. The molecule has 70 valence electrons. The summed E-state index contributed by atoms with van der Waals surface area (Å²) < 4.78 is 0. The fourth-order valence-electron chi connectivity index (χ4n) is 0.957. The molecule has 0 saturated heterocycles. The van der Waals surface area contributed by atoms with E-state index in [9.17, 15) is 5.11 Å². The van der Waals surface area contributed by atoms with Crippen molar-refractivity contribution >= 4 is 0 Å². The number of aliphatic hydroxyl groups is 2. The predicted molar refractivity (Wildman–Crippen MR) is 51.1 cm³/mol. The average Bonchev–Trinajstić information content (AvgIpc) is 1.97. The van der Waals surface area contributed by atoms with E-state index in [1.54, 1.807) is 6.92 Å². The van der Waals surface area contributed by atoms with Gasteiger partial charge < -0.3 is 10.2 Å². The molecule has 0 saturated carbocycles. The van der Waals surface area contributed by atoms with Gasteiger partial charge in [-0.25, -0.2) is 0 Å². The molecule has 12 heavy (non-hydrogen) atoms. The molecule has 0 aromatic carbocycles. The van der Waals surface area contributed by atoms with Crippen LogP contribution in [-0.2, 0) is 0 Å². The number of allylic oxidation sites excluding steroid dienone is 2. The van der Waals surface area contributed by atoms with Gasteiger partial charge in [0.15, 0.2) is 0 Å². The lowest BCUT2D eigenvalue weighted by molar-refractivity contribution is 0.235. The highest BCUT2D eigenvalue weighted by atomic mass is 16.3. The average molecular weight is 170 g/mol. The summed E-state index contributed by atoms with van der Waals surface area (Å²) in [5, 5.41) is 18.1. The highest BCUT2D eigenvalue weighted by molar-refractivity contribution is 4.94. The third-order valence-corrected chi connectivity index (χ3v) is 1.52. The first-order valence-electron chi connectivity index (χ1n) is 4.35. The van der Waals surface area contributed by atoms with Gasteiger partial charge in [-0.15, -0.1) is 6.58 Å². The second kappa shape index (κ2) is 6.92. The van der Waals surface area contributed by atoms with E-state index in [4.69, 9.17) is 5.11 Å². The van der Waals surface area contributed by atoms with Crippen molar-refractivity contribution in [2.45, 2.75) is 38.7 Å². The van der Waals surface area contributed by atoms with Crippen LogP contribution in [-0.4, -0.2) is 16.3 Å². The molecule has 0 aromatic heterocycles. The Morgan fingerprint density at radius 2 is 2.17 bits per heavy atom. The van der Waals surface area contributed by atoms with Crippen LogP contribution in [0.25, 0.3) is 0 Å². The summed E-state index contributed by atoms with van der Waals surface area (Å²) in [6.45, 7) is 5.23. The Kier molecular flexibility index (Phi) is 6.48. The fraction of sp³-hybridized carbons (Fsp3) is 0.600. The van der Waals surface area contributed by atoms with Gasteiger partial charge in [0, 0.05) is 6.42 Å². The zero-order valence-electron chi connectivity index (χ0n) is 7.66. The molecule has 0 aliphatic carbocycles. The third kappa shape index (κ3) is 7.35. The van der Waals surface area contributed by atoms with E-state index in [2.05, 4.69) is 6.58 Å². The number of hydrogen-bond acceptors (Lipinski definition) is 2. The van der Waals surface area contributed by atoms with Crippen molar-refractivity contribution in [1.82, 2.24) is 0 Å². The van der Waals surface area contributed by atoms with Gasteiger partial charge in [0.1, 0.15) is 0 Å². The highest BCUT2D eigenvalue weighted by Crippen LogP contribution is 2.07. The van der Waals surface area contributed by atoms with Gasteiger partial charge in [-0.2, -0.15) is 0 Å². The summed E-state index contributed by atoms with van der Waals surface area (Å²) in [7, 11) is 0. The molecular weight excluding hydrogens is 152 g/mol. The van der Waals surface area contributed by atoms with Crippen LogP contribution in [0.15, 0.2) is 24.5 Å². The monoisotopic (exact) mass is 170 g/mol. The molecule has 0 fully saturated rings. The van der Waals surface area contributed by atoms with E-state index in [1.165, 1.54) is 6.08 Å². The van der Waals surface area contributed by atoms with Gasteiger partial charge in [0.2, 0.25) is 0 Å². The van der Waals surface area contributed by atoms with E-state index in [0.717, 1.165) is 19.3 Å². The van der Waals surface area contributed by atoms with Crippen LogP contribution in [0.4, 0.5) is 0 Å². The highest BCUT2D eigenvalue weighted by Gasteiger charge is 1.95. The molecule has 0 aliphatic rings. The molecule has 0 radical (unpaired) electrons. The second-order valence-electron chi connectivity index (χ2n) is 2.93. The van der Waals surface area contributed by atoms with Gasteiger partial charge in [0.25, 0.3) is 0 Å². The van der Waals surface area contributed by atoms with E-state index >= 15 is 0 Å². The van der Waals surface area contributed by atoms with Crippen molar-refractivity contribution in [2.75, 3.05) is 0 Å². The SMILES string of the molecule is C=CCCCCC(O)=CC(C)O. The summed E-state index contributed by atoms with van der Waals surface area (Å²) >= 11 is 0. The van der Waals surface area contributed by atoms with Crippen LogP contribution in [0.2, 0.25) is 0 Å². The molecule has 0 amide bonds. The predicted octanol–water partition coefficient (Wildman–Crippen LogP) is 2.56. The van der Waals surface area contributed by atoms with Gasteiger partial charge in [-0.1, -0.05) is 6.08 Å². The lowest BCUT2D eigenvalue weighted by Crippen LogP contribution is -1.95. The van der Waals surface area contributed by atoms with Gasteiger partial charge in [-0.05, 0) is 32.3 Å². The molecule has 0 rings (SSSR count). The van der Waals surface area contributed by atoms with Gasteiger partial charge in [0.05, 0.1) is 11.9 Å². The molecule has 2 heteroatoms. The summed E-state index contributed by atoms with van der Waals surface area (Å²) in [5.41, 5.74) is 0. The zero-order valence-corrected chi connectivity index (χ0v) is 7.66. The van der Waals surface area contributed by atoms with Crippen LogP contribution in [0.5, 0.6) is 0 Å². The standard InChI is InChI=1S/C10H18O2/c1-3-4-5-6-7-10(12)8-9(2)11/h3,8-9,11-12H,1,4-7H2,2H3. The summed E-state index contributed by atoms with van der Waals surface area (Å²) in [6, 6.07) is 0. The molecule has 0 heterocycles. The van der Waals surface area contributed by atoms with Crippen molar-refractivity contribution in [2.24, 2.45) is 0 Å². The molecular formula is C10H18O2.